The number of fused-ring (bicyclic) bond motifs is 1. The Kier molecular flexibility index (Phi) is 3.90. The van der Waals surface area contributed by atoms with Crippen LogP contribution >= 0.6 is 0 Å². The number of aromatic nitrogens is 6. The van der Waals surface area contributed by atoms with Crippen LogP contribution in [-0.4, -0.2) is 30.2 Å². The highest BCUT2D eigenvalue weighted by Gasteiger charge is 2.17. The zero-order chi connectivity index (χ0) is 18.3. The van der Waals surface area contributed by atoms with Gasteiger partial charge in [0.2, 0.25) is 5.89 Å². The van der Waals surface area contributed by atoms with Crippen LogP contribution in [0.5, 0.6) is 0 Å². The summed E-state index contributed by atoms with van der Waals surface area (Å²) < 4.78 is 31.7. The topological polar surface area (TPSA) is 82.5 Å². The van der Waals surface area contributed by atoms with Crippen LogP contribution in [0.2, 0.25) is 0 Å². The fraction of sp³-hybridized carbons (Fsp3) is 0.235. The summed E-state index contributed by atoms with van der Waals surface area (Å²) in [4.78, 5) is 4.33. The predicted octanol–water partition coefficient (Wildman–Crippen LogP) is 3.48. The monoisotopic (exact) mass is 356 g/mol. The SMILES string of the molecule is Cc1cc2nnn(Cc3ccc(-c4nnc(C(F)F)o4)cn3)c2cc1C. The van der Waals surface area contributed by atoms with Crippen molar-refractivity contribution in [3.8, 4) is 11.5 Å². The molecule has 9 heteroatoms. The van der Waals surface area contributed by atoms with Crippen molar-refractivity contribution in [2.24, 2.45) is 0 Å². The fourth-order valence-corrected chi connectivity index (χ4v) is 2.58. The molecule has 0 aliphatic rings. The van der Waals surface area contributed by atoms with Gasteiger partial charge in [0.15, 0.2) is 0 Å². The smallest absolute Gasteiger partial charge is 0.314 e. The van der Waals surface area contributed by atoms with Crippen molar-refractivity contribution in [3.63, 3.8) is 0 Å². The maximum atomic E-state index is 12.5. The molecule has 0 aliphatic heterocycles. The lowest BCUT2D eigenvalue weighted by Gasteiger charge is -2.04. The molecule has 4 aromatic rings. The third kappa shape index (κ3) is 2.92. The predicted molar refractivity (Wildman–Crippen MR) is 88.6 cm³/mol. The van der Waals surface area contributed by atoms with E-state index >= 15 is 0 Å². The normalized spacial score (nSPS) is 11.6. The highest BCUT2D eigenvalue weighted by Crippen LogP contribution is 2.23. The summed E-state index contributed by atoms with van der Waals surface area (Å²) in [6.07, 6.45) is -1.29. The second-order valence-corrected chi connectivity index (χ2v) is 5.96. The van der Waals surface area contributed by atoms with E-state index in [0.717, 1.165) is 27.9 Å². The molecule has 0 saturated heterocycles. The first-order valence-electron chi connectivity index (χ1n) is 7.88. The van der Waals surface area contributed by atoms with Gasteiger partial charge >= 0.3 is 6.43 Å². The molecule has 0 bridgehead atoms. The number of hydrogen-bond acceptors (Lipinski definition) is 6. The van der Waals surface area contributed by atoms with E-state index in [1.807, 2.05) is 26.0 Å². The van der Waals surface area contributed by atoms with E-state index in [1.165, 1.54) is 6.20 Å². The van der Waals surface area contributed by atoms with E-state index in [1.54, 1.807) is 16.8 Å². The molecule has 0 N–H and O–H groups in total. The minimum absolute atomic E-state index is 0.0108. The highest BCUT2D eigenvalue weighted by atomic mass is 19.3. The van der Waals surface area contributed by atoms with Gasteiger partial charge in [-0.25, -0.2) is 4.68 Å². The number of rotatable bonds is 4. The number of benzene rings is 1. The van der Waals surface area contributed by atoms with E-state index in [0.29, 0.717) is 12.1 Å². The number of halogens is 2. The number of hydrogen-bond donors (Lipinski definition) is 0. The maximum absolute atomic E-state index is 12.5. The third-order valence-electron chi connectivity index (χ3n) is 4.14. The fourth-order valence-electron chi connectivity index (χ4n) is 2.58. The van der Waals surface area contributed by atoms with Crippen molar-refractivity contribution < 1.29 is 13.2 Å². The molecule has 3 heterocycles. The van der Waals surface area contributed by atoms with Crippen LogP contribution in [0.1, 0.15) is 29.1 Å². The summed E-state index contributed by atoms with van der Waals surface area (Å²) in [5.41, 5.74) is 5.30. The summed E-state index contributed by atoms with van der Waals surface area (Å²) in [7, 11) is 0. The second kappa shape index (κ2) is 6.25. The van der Waals surface area contributed by atoms with E-state index in [9.17, 15) is 8.78 Å². The van der Waals surface area contributed by atoms with Gasteiger partial charge in [-0.1, -0.05) is 5.21 Å². The summed E-state index contributed by atoms with van der Waals surface area (Å²) in [5, 5.41) is 15.3. The molecule has 0 amide bonds. The average Bonchev–Trinajstić information content (AvgIpc) is 3.25. The standard InChI is InChI=1S/C17H14F2N6O/c1-9-5-13-14(6-10(9)2)25(24-21-13)8-12-4-3-11(7-20-12)16-22-23-17(26-16)15(18)19/h3-7,15H,8H2,1-2H3. The lowest BCUT2D eigenvalue weighted by atomic mass is 10.1. The summed E-state index contributed by atoms with van der Waals surface area (Å²) in [5.74, 6) is -0.694. The molecule has 1 aromatic carbocycles. The number of aryl methyl sites for hydroxylation is 2. The molecule has 26 heavy (non-hydrogen) atoms. The van der Waals surface area contributed by atoms with Gasteiger partial charge in [-0.2, -0.15) is 8.78 Å². The van der Waals surface area contributed by atoms with Crippen molar-refractivity contribution in [1.29, 1.82) is 0 Å². The van der Waals surface area contributed by atoms with Crippen molar-refractivity contribution in [1.82, 2.24) is 30.2 Å². The van der Waals surface area contributed by atoms with Gasteiger partial charge in [-0.3, -0.25) is 4.98 Å². The Hall–Kier alpha value is -3.23. The molecule has 3 aromatic heterocycles. The van der Waals surface area contributed by atoms with Gasteiger partial charge in [0, 0.05) is 6.20 Å². The van der Waals surface area contributed by atoms with Crippen LogP contribution < -0.4 is 0 Å². The minimum Gasteiger partial charge on any atom is -0.415 e. The number of alkyl halides is 2. The molecule has 0 aliphatic carbocycles. The highest BCUT2D eigenvalue weighted by molar-refractivity contribution is 5.76. The molecular weight excluding hydrogens is 342 g/mol. The Morgan fingerprint density at radius 2 is 1.88 bits per heavy atom. The van der Waals surface area contributed by atoms with Crippen LogP contribution in [0.4, 0.5) is 8.78 Å². The van der Waals surface area contributed by atoms with Crippen LogP contribution in [0, 0.1) is 13.8 Å². The zero-order valence-electron chi connectivity index (χ0n) is 14.0. The van der Waals surface area contributed by atoms with Crippen molar-refractivity contribution >= 4 is 11.0 Å². The van der Waals surface area contributed by atoms with Crippen LogP contribution in [0.15, 0.2) is 34.9 Å². The quantitative estimate of drug-likeness (QED) is 0.557. The molecule has 0 atom stereocenters. The van der Waals surface area contributed by atoms with E-state index in [-0.39, 0.29) is 5.89 Å². The lowest BCUT2D eigenvalue weighted by Crippen LogP contribution is -2.04. The molecule has 0 radical (unpaired) electrons. The van der Waals surface area contributed by atoms with Crippen molar-refractivity contribution in [3.05, 3.63) is 53.2 Å². The van der Waals surface area contributed by atoms with Crippen molar-refractivity contribution in [2.75, 3.05) is 0 Å². The summed E-state index contributed by atoms with van der Waals surface area (Å²) >= 11 is 0. The Morgan fingerprint density at radius 3 is 2.58 bits per heavy atom. The van der Waals surface area contributed by atoms with Crippen molar-refractivity contribution in [2.45, 2.75) is 26.8 Å². The van der Waals surface area contributed by atoms with E-state index < -0.39 is 12.3 Å². The van der Waals surface area contributed by atoms with Gasteiger partial charge in [0.25, 0.3) is 5.89 Å². The first-order valence-corrected chi connectivity index (χ1v) is 7.88. The molecule has 0 fully saturated rings. The van der Waals surface area contributed by atoms with E-state index in [2.05, 4.69) is 25.5 Å². The molecule has 4 rings (SSSR count). The molecule has 0 saturated carbocycles. The Labute approximate surface area is 146 Å². The van der Waals surface area contributed by atoms with Gasteiger partial charge in [-0.05, 0) is 49.2 Å². The maximum Gasteiger partial charge on any atom is 0.314 e. The summed E-state index contributed by atoms with van der Waals surface area (Å²) in [6.45, 7) is 4.51. The van der Waals surface area contributed by atoms with Gasteiger partial charge in [0.1, 0.15) is 5.52 Å². The molecule has 0 spiro atoms. The molecular formula is C17H14F2N6O. The first-order chi connectivity index (χ1) is 12.5. The van der Waals surface area contributed by atoms with Crippen LogP contribution in [0.25, 0.3) is 22.5 Å². The molecule has 7 nitrogen and oxygen atoms in total. The zero-order valence-corrected chi connectivity index (χ0v) is 14.0. The van der Waals surface area contributed by atoms with E-state index in [4.69, 9.17) is 4.42 Å². The third-order valence-corrected chi connectivity index (χ3v) is 4.14. The molecule has 0 unspecified atom stereocenters. The average molecular weight is 356 g/mol. The summed E-state index contributed by atoms with van der Waals surface area (Å²) in [6, 6.07) is 7.50. The van der Waals surface area contributed by atoms with Gasteiger partial charge in [0.05, 0.1) is 23.3 Å². The Bertz CT molecular complexity index is 1070. The largest absolute Gasteiger partial charge is 0.415 e. The molecule has 132 valence electrons. The number of pyridine rings is 1. The Balaban J connectivity index is 1.58. The van der Waals surface area contributed by atoms with Crippen LogP contribution in [0.3, 0.4) is 0 Å². The minimum atomic E-state index is -2.80. The van der Waals surface area contributed by atoms with Gasteiger partial charge in [-0.15, -0.1) is 15.3 Å². The first kappa shape index (κ1) is 16.2. The lowest BCUT2D eigenvalue weighted by molar-refractivity contribution is 0.116. The number of nitrogens with zero attached hydrogens (tertiary/aromatic N) is 6. The van der Waals surface area contributed by atoms with Crippen LogP contribution in [-0.2, 0) is 6.54 Å². The van der Waals surface area contributed by atoms with Gasteiger partial charge < -0.3 is 4.42 Å². The second-order valence-electron chi connectivity index (χ2n) is 5.96. The Morgan fingerprint density at radius 1 is 1.08 bits per heavy atom.